The monoisotopic (exact) mass is 308 g/mol. The van der Waals surface area contributed by atoms with Crippen LogP contribution in [-0.2, 0) is 6.42 Å². The topological polar surface area (TPSA) is 24.9 Å². The number of rotatable bonds is 4. The molecule has 20 heavy (non-hydrogen) atoms. The normalized spacial score (nSPS) is 12.4. The average molecular weight is 309 g/mol. The van der Waals surface area contributed by atoms with E-state index in [9.17, 15) is 0 Å². The van der Waals surface area contributed by atoms with E-state index in [0.717, 1.165) is 23.4 Å². The zero-order valence-electron chi connectivity index (χ0n) is 11.9. The predicted octanol–water partition coefficient (Wildman–Crippen LogP) is 4.51. The van der Waals surface area contributed by atoms with Crippen molar-refractivity contribution in [1.29, 1.82) is 0 Å². The zero-order valence-corrected chi connectivity index (χ0v) is 13.4. The number of halogens is 2. The Hall–Kier alpha value is -1.09. The van der Waals surface area contributed by atoms with Crippen molar-refractivity contribution in [2.24, 2.45) is 0 Å². The average Bonchev–Trinajstić information content (AvgIpc) is 2.41. The number of likely N-dealkylation sites (N-methyl/N-ethyl adjacent to an activating group) is 1. The van der Waals surface area contributed by atoms with E-state index in [0.29, 0.717) is 10.0 Å². The van der Waals surface area contributed by atoms with Crippen molar-refractivity contribution in [3.63, 3.8) is 0 Å². The number of aryl methyl sites for hydroxylation is 2. The molecule has 2 nitrogen and oxygen atoms in total. The van der Waals surface area contributed by atoms with Crippen LogP contribution >= 0.6 is 23.2 Å². The van der Waals surface area contributed by atoms with Gasteiger partial charge < -0.3 is 5.32 Å². The molecule has 1 aromatic heterocycles. The highest BCUT2D eigenvalue weighted by molar-refractivity contribution is 6.42. The third-order valence-electron chi connectivity index (χ3n) is 3.45. The molecular formula is C16H18Cl2N2. The summed E-state index contributed by atoms with van der Waals surface area (Å²) in [5, 5.41) is 4.56. The molecule has 0 spiro atoms. The van der Waals surface area contributed by atoms with Crippen molar-refractivity contribution in [3.05, 3.63) is 62.9 Å². The van der Waals surface area contributed by atoms with Gasteiger partial charge in [0.1, 0.15) is 0 Å². The number of nitrogens with one attached hydrogen (secondary N) is 1. The molecule has 0 amide bonds. The maximum absolute atomic E-state index is 6.27. The minimum absolute atomic E-state index is 0.166. The molecule has 0 bridgehead atoms. The number of hydrogen-bond acceptors (Lipinski definition) is 2. The second-order valence-corrected chi connectivity index (χ2v) is 5.67. The molecule has 1 aromatic carbocycles. The second-order valence-electron chi connectivity index (χ2n) is 4.89. The van der Waals surface area contributed by atoms with Crippen molar-refractivity contribution in [3.8, 4) is 0 Å². The van der Waals surface area contributed by atoms with E-state index in [-0.39, 0.29) is 6.04 Å². The molecular weight excluding hydrogens is 291 g/mol. The van der Waals surface area contributed by atoms with Crippen molar-refractivity contribution in [1.82, 2.24) is 10.3 Å². The second kappa shape index (κ2) is 6.57. The Balaban J connectivity index is 2.31. The molecule has 1 atom stereocenters. The van der Waals surface area contributed by atoms with Gasteiger partial charge in [-0.25, -0.2) is 0 Å². The molecule has 0 saturated heterocycles. The van der Waals surface area contributed by atoms with Crippen molar-refractivity contribution in [2.45, 2.75) is 26.3 Å². The smallest absolute Gasteiger partial charge is 0.0624 e. The van der Waals surface area contributed by atoms with Crippen LogP contribution in [0.25, 0.3) is 0 Å². The first kappa shape index (κ1) is 15.3. The van der Waals surface area contributed by atoms with Gasteiger partial charge in [-0.1, -0.05) is 41.4 Å². The molecule has 0 aliphatic carbocycles. The lowest BCUT2D eigenvalue weighted by Gasteiger charge is -2.19. The summed E-state index contributed by atoms with van der Waals surface area (Å²) < 4.78 is 0. The summed E-state index contributed by atoms with van der Waals surface area (Å²) in [6, 6.07) is 10.1. The largest absolute Gasteiger partial charge is 0.313 e. The van der Waals surface area contributed by atoms with Gasteiger partial charge in [-0.05, 0) is 50.6 Å². The molecule has 0 fully saturated rings. The summed E-state index contributed by atoms with van der Waals surface area (Å²) in [4.78, 5) is 4.52. The van der Waals surface area contributed by atoms with Crippen LogP contribution in [0.4, 0.5) is 0 Å². The first-order valence-corrected chi connectivity index (χ1v) is 7.32. The number of nitrogens with zero attached hydrogens (tertiary/aromatic N) is 1. The van der Waals surface area contributed by atoms with E-state index in [1.54, 1.807) is 6.07 Å². The molecule has 0 aliphatic heterocycles. The highest BCUT2D eigenvalue weighted by Crippen LogP contribution is 2.29. The third-order valence-corrected chi connectivity index (χ3v) is 4.30. The van der Waals surface area contributed by atoms with Crippen LogP contribution in [0.15, 0.2) is 30.3 Å². The Morgan fingerprint density at radius 3 is 2.55 bits per heavy atom. The molecule has 0 radical (unpaired) electrons. The third kappa shape index (κ3) is 3.32. The molecule has 2 aromatic rings. The number of pyridine rings is 1. The standard InChI is InChI=1S/C16H18Cl2N2/c1-10-7-8-13(11(2)20-10)15(19-3)9-12-5-4-6-14(17)16(12)18/h4-8,15,19H,9H2,1-3H3. The SMILES string of the molecule is CNC(Cc1cccc(Cl)c1Cl)c1ccc(C)nc1C. The van der Waals surface area contributed by atoms with Gasteiger partial charge in [-0.15, -0.1) is 0 Å². The molecule has 0 saturated carbocycles. The van der Waals surface area contributed by atoms with Crippen molar-refractivity contribution < 1.29 is 0 Å². The Kier molecular flexibility index (Phi) is 5.03. The fourth-order valence-corrected chi connectivity index (χ4v) is 2.76. The number of benzene rings is 1. The first-order valence-electron chi connectivity index (χ1n) is 6.57. The van der Waals surface area contributed by atoms with Crippen LogP contribution in [-0.4, -0.2) is 12.0 Å². The van der Waals surface area contributed by atoms with E-state index in [1.807, 2.05) is 39.1 Å². The molecule has 1 unspecified atom stereocenters. The zero-order chi connectivity index (χ0) is 14.7. The lowest BCUT2D eigenvalue weighted by atomic mass is 9.97. The van der Waals surface area contributed by atoms with E-state index in [1.165, 1.54) is 5.56 Å². The van der Waals surface area contributed by atoms with Gasteiger partial charge in [0.25, 0.3) is 0 Å². The summed E-state index contributed by atoms with van der Waals surface area (Å²) in [7, 11) is 1.95. The number of aromatic nitrogens is 1. The van der Waals surface area contributed by atoms with E-state index in [4.69, 9.17) is 23.2 Å². The van der Waals surface area contributed by atoms with Crippen LogP contribution < -0.4 is 5.32 Å². The fraction of sp³-hybridized carbons (Fsp3) is 0.312. The minimum atomic E-state index is 0.166. The van der Waals surface area contributed by atoms with E-state index < -0.39 is 0 Å². The van der Waals surface area contributed by atoms with Crippen LogP contribution in [0.5, 0.6) is 0 Å². The van der Waals surface area contributed by atoms with Crippen molar-refractivity contribution in [2.75, 3.05) is 7.05 Å². The molecule has 4 heteroatoms. The predicted molar refractivity (Wildman–Crippen MR) is 85.7 cm³/mol. The highest BCUT2D eigenvalue weighted by atomic mass is 35.5. The maximum Gasteiger partial charge on any atom is 0.0624 e. The maximum atomic E-state index is 6.27. The summed E-state index contributed by atoms with van der Waals surface area (Å²) in [5.74, 6) is 0. The summed E-state index contributed by atoms with van der Waals surface area (Å²) in [6.07, 6.45) is 0.779. The Morgan fingerprint density at radius 2 is 1.90 bits per heavy atom. The van der Waals surface area contributed by atoms with Gasteiger partial charge in [0.05, 0.1) is 10.0 Å². The number of hydrogen-bond donors (Lipinski definition) is 1. The first-order chi connectivity index (χ1) is 9.52. The van der Waals surface area contributed by atoms with Crippen LogP contribution in [0.3, 0.4) is 0 Å². The van der Waals surface area contributed by atoms with E-state index >= 15 is 0 Å². The Labute approximate surface area is 130 Å². The van der Waals surface area contributed by atoms with Crippen molar-refractivity contribution >= 4 is 23.2 Å². The Morgan fingerprint density at radius 1 is 1.15 bits per heavy atom. The van der Waals surface area contributed by atoms with Gasteiger partial charge in [-0.2, -0.15) is 0 Å². The molecule has 0 aliphatic rings. The van der Waals surface area contributed by atoms with Gasteiger partial charge in [0, 0.05) is 17.4 Å². The van der Waals surface area contributed by atoms with Gasteiger partial charge in [-0.3, -0.25) is 4.98 Å². The van der Waals surface area contributed by atoms with Gasteiger partial charge in [0.15, 0.2) is 0 Å². The molecule has 106 valence electrons. The molecule has 1 N–H and O–H groups in total. The molecule has 1 heterocycles. The van der Waals surface area contributed by atoms with Crippen LogP contribution in [0.1, 0.15) is 28.6 Å². The minimum Gasteiger partial charge on any atom is -0.313 e. The lowest BCUT2D eigenvalue weighted by Crippen LogP contribution is -2.20. The van der Waals surface area contributed by atoms with Gasteiger partial charge in [0.2, 0.25) is 0 Å². The highest BCUT2D eigenvalue weighted by Gasteiger charge is 2.15. The fourth-order valence-electron chi connectivity index (χ4n) is 2.36. The Bertz CT molecular complexity index is 611. The van der Waals surface area contributed by atoms with Crippen LogP contribution in [0.2, 0.25) is 10.0 Å². The van der Waals surface area contributed by atoms with Gasteiger partial charge >= 0.3 is 0 Å². The van der Waals surface area contributed by atoms with E-state index in [2.05, 4.69) is 16.4 Å². The molecule has 2 rings (SSSR count). The summed E-state index contributed by atoms with van der Waals surface area (Å²) in [6.45, 7) is 4.03. The summed E-state index contributed by atoms with van der Waals surface area (Å²) >= 11 is 12.3. The quantitative estimate of drug-likeness (QED) is 0.899. The van der Waals surface area contributed by atoms with Crippen LogP contribution in [0, 0.1) is 13.8 Å². The lowest BCUT2D eigenvalue weighted by molar-refractivity contribution is 0.585. The summed E-state index contributed by atoms with van der Waals surface area (Å²) in [5.41, 5.74) is 4.30.